The number of hydrogen-bond acceptors (Lipinski definition) is 4. The number of aliphatic hydroxyl groups is 1. The van der Waals surface area contributed by atoms with Gasteiger partial charge in [-0.25, -0.2) is 4.79 Å². The first-order valence-electron chi connectivity index (χ1n) is 6.98. The molecule has 21 heavy (non-hydrogen) atoms. The molecule has 4 nitrogen and oxygen atoms in total. The molecule has 0 bridgehead atoms. The number of nitrogens with two attached hydrogens (primary N) is 1. The van der Waals surface area contributed by atoms with E-state index in [1.54, 1.807) is 6.92 Å². The van der Waals surface area contributed by atoms with Gasteiger partial charge in [-0.2, -0.15) is 0 Å². The van der Waals surface area contributed by atoms with Crippen LogP contribution in [0.1, 0.15) is 32.3 Å². The summed E-state index contributed by atoms with van der Waals surface area (Å²) < 4.78 is 5.24. The van der Waals surface area contributed by atoms with Crippen LogP contribution in [0.4, 0.5) is 0 Å². The van der Waals surface area contributed by atoms with Gasteiger partial charge in [0.05, 0.1) is 0 Å². The van der Waals surface area contributed by atoms with Gasteiger partial charge in [-0.15, -0.1) is 0 Å². The maximum Gasteiger partial charge on any atom is 0.330 e. The Bertz CT molecular complexity index is 518. The molecule has 1 aromatic rings. The Morgan fingerprint density at radius 3 is 2.57 bits per heavy atom. The van der Waals surface area contributed by atoms with Crippen LogP contribution in [0.25, 0.3) is 0 Å². The summed E-state index contributed by atoms with van der Waals surface area (Å²) in [6.07, 6.45) is 2.97. The highest BCUT2D eigenvalue weighted by Crippen LogP contribution is 2.17. The second-order valence-electron chi connectivity index (χ2n) is 5.25. The summed E-state index contributed by atoms with van der Waals surface area (Å²) in [5.41, 5.74) is 6.09. The van der Waals surface area contributed by atoms with Crippen LogP contribution in [0, 0.1) is 0 Å². The van der Waals surface area contributed by atoms with Gasteiger partial charge in [-0.05, 0) is 25.3 Å². The van der Waals surface area contributed by atoms with Crippen molar-refractivity contribution in [3.63, 3.8) is 0 Å². The van der Waals surface area contributed by atoms with Crippen LogP contribution in [0.2, 0.25) is 0 Å². The minimum absolute atomic E-state index is 0.150. The third-order valence-corrected chi connectivity index (χ3v) is 3.14. The Hall–Kier alpha value is -2.07. The first kappa shape index (κ1) is 17.0. The van der Waals surface area contributed by atoms with E-state index < -0.39 is 11.5 Å². The topological polar surface area (TPSA) is 72.5 Å². The number of aliphatic hydroxyl groups excluding tert-OH is 1. The van der Waals surface area contributed by atoms with Crippen molar-refractivity contribution in [1.29, 1.82) is 0 Å². The Balaban J connectivity index is 2.64. The van der Waals surface area contributed by atoms with E-state index in [2.05, 4.69) is 6.58 Å². The Morgan fingerprint density at radius 2 is 2.05 bits per heavy atom. The van der Waals surface area contributed by atoms with Crippen LogP contribution in [0.5, 0.6) is 0 Å². The smallest absolute Gasteiger partial charge is 0.330 e. The van der Waals surface area contributed by atoms with Crippen molar-refractivity contribution in [3.8, 4) is 0 Å². The van der Waals surface area contributed by atoms with E-state index in [9.17, 15) is 4.79 Å². The molecule has 0 heterocycles. The van der Waals surface area contributed by atoms with Gasteiger partial charge in [-0.3, -0.25) is 0 Å². The van der Waals surface area contributed by atoms with Crippen molar-refractivity contribution < 1.29 is 14.6 Å². The van der Waals surface area contributed by atoms with E-state index in [1.165, 1.54) is 6.08 Å². The van der Waals surface area contributed by atoms with E-state index >= 15 is 0 Å². The van der Waals surface area contributed by atoms with E-state index in [4.69, 9.17) is 15.6 Å². The molecule has 0 saturated carbocycles. The van der Waals surface area contributed by atoms with Gasteiger partial charge in [0.25, 0.3) is 0 Å². The van der Waals surface area contributed by atoms with Gasteiger partial charge in [0.1, 0.15) is 17.1 Å². The molecular weight excluding hydrogens is 266 g/mol. The number of hydrogen-bond donors (Lipinski definition) is 2. The van der Waals surface area contributed by atoms with Gasteiger partial charge >= 0.3 is 5.97 Å². The van der Waals surface area contributed by atoms with Gasteiger partial charge in [0.2, 0.25) is 0 Å². The highest BCUT2D eigenvalue weighted by molar-refractivity contribution is 5.81. The van der Waals surface area contributed by atoms with Crippen molar-refractivity contribution in [2.24, 2.45) is 5.73 Å². The van der Waals surface area contributed by atoms with Gasteiger partial charge in [0.15, 0.2) is 0 Å². The highest BCUT2D eigenvalue weighted by atomic mass is 16.5. The largest absolute Gasteiger partial charge is 0.508 e. The number of carbonyl (C=O) groups excluding carboxylic acids is 1. The van der Waals surface area contributed by atoms with Crippen molar-refractivity contribution in [3.05, 3.63) is 60.1 Å². The van der Waals surface area contributed by atoms with E-state index in [0.29, 0.717) is 25.0 Å². The summed E-state index contributed by atoms with van der Waals surface area (Å²) in [6.45, 7) is 6.82. The maximum absolute atomic E-state index is 12.1. The molecule has 1 aromatic carbocycles. The van der Waals surface area contributed by atoms with Crippen molar-refractivity contribution >= 4 is 5.97 Å². The Labute approximate surface area is 125 Å². The fourth-order valence-corrected chi connectivity index (χ4v) is 1.78. The van der Waals surface area contributed by atoms with Gasteiger partial charge in [-0.1, -0.05) is 43.8 Å². The molecule has 0 aliphatic carbocycles. The maximum atomic E-state index is 12.1. The number of esters is 1. The minimum Gasteiger partial charge on any atom is -0.508 e. The van der Waals surface area contributed by atoms with Crippen molar-refractivity contribution in [2.45, 2.75) is 38.6 Å². The van der Waals surface area contributed by atoms with Crippen molar-refractivity contribution in [1.82, 2.24) is 0 Å². The molecule has 3 N–H and O–H groups in total. The zero-order chi connectivity index (χ0) is 15.9. The summed E-state index contributed by atoms with van der Waals surface area (Å²) in [4.78, 5) is 12.1. The fraction of sp³-hybridized carbons (Fsp3) is 0.353. The molecule has 0 aliphatic heterocycles. The Kier molecular flexibility index (Phi) is 6.18. The van der Waals surface area contributed by atoms with Crippen LogP contribution in [-0.2, 0) is 16.0 Å². The third kappa shape index (κ3) is 5.83. The van der Waals surface area contributed by atoms with Crippen molar-refractivity contribution in [2.75, 3.05) is 0 Å². The van der Waals surface area contributed by atoms with Crippen LogP contribution in [-0.4, -0.2) is 16.6 Å². The normalized spacial score (nSPS) is 14.3. The summed E-state index contributed by atoms with van der Waals surface area (Å²) >= 11 is 0. The molecule has 1 unspecified atom stereocenters. The SMILES string of the molecule is C=C(O)/C=C(\CC)OC(=O)C(C)(N)CCc1ccccc1. The number of ether oxygens (including phenoxy) is 1. The standard InChI is InChI=1S/C17H23NO3/c1-4-15(12-13(2)19)21-16(20)17(3,18)11-10-14-8-6-5-7-9-14/h5-9,12,19H,2,4,10-11,18H2,1,3H3/b15-12+. The van der Waals surface area contributed by atoms with Gasteiger partial charge in [0, 0.05) is 12.5 Å². The molecule has 0 spiro atoms. The zero-order valence-electron chi connectivity index (χ0n) is 12.6. The number of benzene rings is 1. The fourth-order valence-electron chi connectivity index (χ4n) is 1.78. The number of allylic oxidation sites excluding steroid dienone is 2. The van der Waals surface area contributed by atoms with Crippen LogP contribution in [0.3, 0.4) is 0 Å². The highest BCUT2D eigenvalue weighted by Gasteiger charge is 2.30. The lowest BCUT2D eigenvalue weighted by Gasteiger charge is -2.23. The molecule has 0 fully saturated rings. The molecule has 114 valence electrons. The Morgan fingerprint density at radius 1 is 1.43 bits per heavy atom. The molecule has 0 aromatic heterocycles. The molecular formula is C17H23NO3. The molecule has 0 aliphatic rings. The third-order valence-electron chi connectivity index (χ3n) is 3.14. The monoisotopic (exact) mass is 289 g/mol. The molecule has 0 saturated heterocycles. The minimum atomic E-state index is -1.08. The predicted molar refractivity (Wildman–Crippen MR) is 83.6 cm³/mol. The number of aryl methyl sites for hydroxylation is 1. The number of rotatable bonds is 7. The number of carbonyl (C=O) groups is 1. The average Bonchev–Trinajstić information content (AvgIpc) is 2.45. The van der Waals surface area contributed by atoms with Crippen LogP contribution >= 0.6 is 0 Å². The summed E-state index contributed by atoms with van der Waals surface area (Å²) in [6, 6.07) is 9.83. The van der Waals surface area contributed by atoms with E-state index in [1.807, 2.05) is 37.3 Å². The average molecular weight is 289 g/mol. The molecule has 0 radical (unpaired) electrons. The van der Waals surface area contributed by atoms with Crippen LogP contribution < -0.4 is 5.73 Å². The molecule has 1 rings (SSSR count). The second-order valence-corrected chi connectivity index (χ2v) is 5.25. The predicted octanol–water partition coefficient (Wildman–Crippen LogP) is 3.25. The lowest BCUT2D eigenvalue weighted by molar-refractivity contribution is -0.145. The molecule has 1 atom stereocenters. The van der Waals surface area contributed by atoms with Gasteiger partial charge < -0.3 is 15.6 Å². The van der Waals surface area contributed by atoms with E-state index in [0.717, 1.165) is 5.56 Å². The second kappa shape index (κ2) is 7.64. The molecule has 4 heteroatoms. The summed E-state index contributed by atoms with van der Waals surface area (Å²) in [7, 11) is 0. The summed E-state index contributed by atoms with van der Waals surface area (Å²) in [5.74, 6) is -0.306. The lowest BCUT2D eigenvalue weighted by atomic mass is 9.94. The first-order valence-corrected chi connectivity index (χ1v) is 6.98. The van der Waals surface area contributed by atoms with Crippen LogP contribution in [0.15, 0.2) is 54.5 Å². The lowest BCUT2D eigenvalue weighted by Crippen LogP contribution is -2.46. The molecule has 0 amide bonds. The van der Waals surface area contributed by atoms with E-state index in [-0.39, 0.29) is 5.76 Å². The quantitative estimate of drug-likeness (QED) is 0.459. The zero-order valence-corrected chi connectivity index (χ0v) is 12.6. The first-order chi connectivity index (χ1) is 9.85. The summed E-state index contributed by atoms with van der Waals surface area (Å²) in [5, 5.41) is 9.13.